The number of Topliss-reactive ketones (excluding diaryl/α,β-unsaturated/α-hetero) is 1. The maximum absolute atomic E-state index is 15.7. The fourth-order valence-electron chi connectivity index (χ4n) is 11.3. The summed E-state index contributed by atoms with van der Waals surface area (Å²) in [6.45, 7) is 13.9. The van der Waals surface area contributed by atoms with Crippen LogP contribution >= 0.6 is 0 Å². The fraction of sp³-hybridized carbons (Fsp3) is 0.615. The summed E-state index contributed by atoms with van der Waals surface area (Å²) in [6, 6.07) is 15.1. The van der Waals surface area contributed by atoms with E-state index in [9.17, 15) is 29.4 Å². The van der Waals surface area contributed by atoms with Gasteiger partial charge in [-0.15, -0.1) is 0 Å². The first-order valence-corrected chi connectivity index (χ1v) is 23.6. The minimum absolute atomic E-state index is 0.0374. The van der Waals surface area contributed by atoms with Crippen molar-refractivity contribution in [1.82, 2.24) is 5.32 Å². The monoisotopic (exact) mass is 947 g/mol. The lowest BCUT2D eigenvalue weighted by Crippen LogP contribution is -2.81. The maximum atomic E-state index is 15.7. The van der Waals surface area contributed by atoms with Crippen molar-refractivity contribution in [3.63, 3.8) is 0 Å². The van der Waals surface area contributed by atoms with Crippen LogP contribution in [-0.4, -0.2) is 114 Å². The molecule has 1 saturated heterocycles. The molecule has 0 unspecified atom stereocenters. The SMILES string of the molecule is CCCCCCC(=O)O[C@@H](C(=O)O[C@H]1C[C@@]2(O)[C@@H](OC(=O)c3ccccc3)[C@@H]3[C@]4(OC(C)=O)CO[C@@H]4C[C@H](OC)[C@@]3(C)C(=O)[C@H](CO)C(=C1C)C2(C)C)[C@@H](NC(=O)OC(C)(C)C)c1ccccc1. The summed E-state index contributed by atoms with van der Waals surface area (Å²) in [5, 5.41) is 28.1. The van der Waals surface area contributed by atoms with Crippen molar-refractivity contribution in [3.05, 3.63) is 82.9 Å². The van der Waals surface area contributed by atoms with Gasteiger partial charge in [-0.2, -0.15) is 0 Å². The number of methoxy groups -OCH3 is 1. The Morgan fingerprint density at radius 1 is 0.941 bits per heavy atom. The third kappa shape index (κ3) is 9.83. The Kier molecular flexibility index (Phi) is 15.7. The highest BCUT2D eigenvalue weighted by Crippen LogP contribution is 2.65. The largest absolute Gasteiger partial charge is 0.455 e. The fourth-order valence-corrected chi connectivity index (χ4v) is 11.3. The number of hydrogen-bond acceptors (Lipinski definition) is 15. The summed E-state index contributed by atoms with van der Waals surface area (Å²) in [7, 11) is 1.42. The van der Waals surface area contributed by atoms with E-state index < -0.39 is 125 Å². The van der Waals surface area contributed by atoms with E-state index in [2.05, 4.69) is 5.32 Å². The van der Waals surface area contributed by atoms with Crippen LogP contribution in [0.2, 0.25) is 0 Å². The second-order valence-electron chi connectivity index (χ2n) is 20.4. The van der Waals surface area contributed by atoms with Crippen LogP contribution in [0.15, 0.2) is 71.8 Å². The number of fused-ring (bicyclic) bond motifs is 5. The van der Waals surface area contributed by atoms with Crippen molar-refractivity contribution in [1.29, 1.82) is 0 Å². The van der Waals surface area contributed by atoms with Gasteiger partial charge in [0.25, 0.3) is 0 Å². The Hall–Kier alpha value is -5.16. The van der Waals surface area contributed by atoms with Gasteiger partial charge in [-0.25, -0.2) is 14.4 Å². The molecule has 4 aliphatic rings. The van der Waals surface area contributed by atoms with Gasteiger partial charge >= 0.3 is 30.0 Å². The molecule has 68 heavy (non-hydrogen) atoms. The lowest BCUT2D eigenvalue weighted by atomic mass is 9.43. The van der Waals surface area contributed by atoms with Crippen LogP contribution in [0.25, 0.3) is 0 Å². The van der Waals surface area contributed by atoms with Gasteiger partial charge in [-0.1, -0.05) is 88.6 Å². The molecule has 1 heterocycles. The number of rotatable bonds is 16. The number of unbranched alkanes of at least 4 members (excludes halogenated alkanes) is 3. The smallest absolute Gasteiger partial charge is 0.408 e. The molecule has 0 aromatic heterocycles. The van der Waals surface area contributed by atoms with Crippen LogP contribution in [0.3, 0.4) is 0 Å². The maximum Gasteiger partial charge on any atom is 0.408 e. The molecule has 6 rings (SSSR count). The van der Waals surface area contributed by atoms with Gasteiger partial charge in [0, 0.05) is 38.7 Å². The normalized spacial score (nSPS) is 30.4. The van der Waals surface area contributed by atoms with Crippen molar-refractivity contribution >= 4 is 35.8 Å². The second-order valence-corrected chi connectivity index (χ2v) is 20.4. The van der Waals surface area contributed by atoms with Gasteiger partial charge in [0.1, 0.15) is 35.6 Å². The number of carbonyl (C=O) groups is 6. The average molecular weight is 948 g/mol. The molecule has 2 aromatic carbocycles. The number of ether oxygens (including phenoxy) is 7. The molecule has 16 heteroatoms. The molecule has 2 bridgehead atoms. The third-order valence-electron chi connectivity index (χ3n) is 14.6. The van der Waals surface area contributed by atoms with Crippen molar-refractivity contribution in [2.45, 2.75) is 161 Å². The first-order chi connectivity index (χ1) is 32.0. The van der Waals surface area contributed by atoms with Crippen LogP contribution in [0.5, 0.6) is 0 Å². The Morgan fingerprint density at radius 2 is 1.59 bits per heavy atom. The molecule has 372 valence electrons. The first kappa shape index (κ1) is 52.2. The number of aliphatic hydroxyl groups excluding tert-OH is 1. The molecule has 1 amide bonds. The van der Waals surface area contributed by atoms with Gasteiger partial charge in [-0.05, 0) is 69.9 Å². The molecule has 1 aliphatic heterocycles. The summed E-state index contributed by atoms with van der Waals surface area (Å²) in [4.78, 5) is 85.7. The number of ketones is 1. The van der Waals surface area contributed by atoms with Gasteiger partial charge in [0.2, 0.25) is 6.10 Å². The molecule has 3 fully saturated rings. The molecule has 11 atom stereocenters. The molecule has 2 aromatic rings. The predicted octanol–water partition coefficient (Wildman–Crippen LogP) is 6.68. The standard InChI is InChI=1S/C52H69NO15/c1-11-12-13-20-25-38(56)65-41(40(32-21-16-14-17-22-32)53-47(60)68-48(4,5)6)46(59)64-35-27-52(61)44(66-45(58)33-23-18-15-19-24-33)42-50(9,43(57)34(28-54)39(30(35)2)49(52,7)8)36(62-10)26-37-51(42,29-63-37)67-31(3)55/h14-19,21-24,34-37,40-42,44,54,61H,11-13,20,25-29H2,1-10H3,(H,53,60)/t34-,35+,36+,37-,40+,41-,42+,44+,50-,51+,52-/m1/s1. The Labute approximate surface area is 398 Å². The van der Waals surface area contributed by atoms with E-state index in [1.807, 2.05) is 6.92 Å². The molecule has 3 aliphatic carbocycles. The van der Waals surface area contributed by atoms with E-state index in [4.69, 9.17) is 33.2 Å². The molecular formula is C52H69NO15. The van der Waals surface area contributed by atoms with Crippen LogP contribution < -0.4 is 5.32 Å². The molecule has 16 nitrogen and oxygen atoms in total. The van der Waals surface area contributed by atoms with Crippen molar-refractivity contribution in [2.24, 2.45) is 22.7 Å². The summed E-state index contributed by atoms with van der Waals surface area (Å²) in [6.07, 6.45) is -5.11. The lowest BCUT2D eigenvalue weighted by molar-refractivity contribution is -0.347. The number of alkyl carbamates (subject to hydrolysis) is 1. The highest BCUT2D eigenvalue weighted by Gasteiger charge is 2.78. The summed E-state index contributed by atoms with van der Waals surface area (Å²) >= 11 is 0. The topological polar surface area (TPSA) is 220 Å². The van der Waals surface area contributed by atoms with E-state index in [1.54, 1.807) is 97.0 Å². The molecule has 0 spiro atoms. The minimum atomic E-state index is -2.29. The molecule has 2 saturated carbocycles. The summed E-state index contributed by atoms with van der Waals surface area (Å²) < 4.78 is 42.9. The number of amides is 1. The van der Waals surface area contributed by atoms with E-state index in [0.29, 0.717) is 17.6 Å². The quantitative estimate of drug-likeness (QED) is 0.0692. The van der Waals surface area contributed by atoms with Gasteiger partial charge in [-0.3, -0.25) is 14.4 Å². The van der Waals surface area contributed by atoms with Crippen molar-refractivity contribution < 1.29 is 72.1 Å². The number of carbonyl (C=O) groups excluding carboxylic acids is 6. The van der Waals surface area contributed by atoms with E-state index in [0.717, 1.165) is 19.3 Å². The van der Waals surface area contributed by atoms with E-state index >= 15 is 9.59 Å². The van der Waals surface area contributed by atoms with Crippen molar-refractivity contribution in [3.8, 4) is 0 Å². The van der Waals surface area contributed by atoms with E-state index in [1.165, 1.54) is 26.2 Å². The summed E-state index contributed by atoms with van der Waals surface area (Å²) in [5.74, 6) is -6.70. The zero-order valence-corrected chi connectivity index (χ0v) is 41.0. The third-order valence-corrected chi connectivity index (χ3v) is 14.6. The van der Waals surface area contributed by atoms with Crippen LogP contribution in [0, 0.1) is 22.7 Å². The van der Waals surface area contributed by atoms with Crippen molar-refractivity contribution in [2.75, 3.05) is 20.3 Å². The molecule has 3 N–H and O–H groups in total. The van der Waals surface area contributed by atoms with Crippen LogP contribution in [0.1, 0.15) is 129 Å². The number of hydrogen-bond donors (Lipinski definition) is 3. The highest BCUT2D eigenvalue weighted by atomic mass is 16.6. The minimum Gasteiger partial charge on any atom is -0.455 e. The Bertz CT molecular complexity index is 2220. The first-order valence-electron chi connectivity index (χ1n) is 23.6. The zero-order chi connectivity index (χ0) is 50.0. The van der Waals surface area contributed by atoms with Gasteiger partial charge < -0.3 is 48.7 Å². The number of esters is 4. The van der Waals surface area contributed by atoms with Gasteiger partial charge in [0.05, 0.1) is 42.1 Å². The molecule has 0 radical (unpaired) electrons. The second kappa shape index (κ2) is 20.4. The molecular weight excluding hydrogens is 879 g/mol. The van der Waals surface area contributed by atoms with Crippen LogP contribution in [-0.2, 0) is 52.3 Å². The Morgan fingerprint density at radius 3 is 2.15 bits per heavy atom. The Balaban J connectivity index is 1.54. The number of aliphatic hydroxyl groups is 2. The van der Waals surface area contributed by atoms with Crippen LogP contribution in [0.4, 0.5) is 4.79 Å². The number of nitrogens with one attached hydrogen (secondary N) is 1. The van der Waals surface area contributed by atoms with E-state index in [-0.39, 0.29) is 30.6 Å². The number of benzene rings is 2. The predicted molar refractivity (Wildman–Crippen MR) is 246 cm³/mol. The highest BCUT2D eigenvalue weighted by molar-refractivity contribution is 5.93. The van der Waals surface area contributed by atoms with Gasteiger partial charge in [0.15, 0.2) is 11.4 Å². The average Bonchev–Trinajstić information content (AvgIpc) is 3.27. The zero-order valence-electron chi connectivity index (χ0n) is 41.0. The summed E-state index contributed by atoms with van der Waals surface area (Å²) in [5.41, 5.74) is -7.13. The lowest BCUT2D eigenvalue weighted by Gasteiger charge is -2.68.